The first-order valence-electron chi connectivity index (χ1n) is 8.92. The van der Waals surface area contributed by atoms with E-state index in [9.17, 15) is 4.39 Å². The highest BCUT2D eigenvalue weighted by Gasteiger charge is 2.19. The number of halogens is 1. The normalized spacial score (nSPS) is 20.2. The molecule has 2 aromatic rings. The number of nitrogens with one attached hydrogen (secondary N) is 1. The third-order valence-corrected chi connectivity index (χ3v) is 4.56. The van der Waals surface area contributed by atoms with Crippen molar-refractivity contribution in [3.8, 4) is 0 Å². The van der Waals surface area contributed by atoms with Crippen LogP contribution in [-0.2, 0) is 11.3 Å². The van der Waals surface area contributed by atoms with Crippen molar-refractivity contribution in [2.24, 2.45) is 0 Å². The van der Waals surface area contributed by atoms with Gasteiger partial charge in [-0.15, -0.1) is 0 Å². The van der Waals surface area contributed by atoms with Gasteiger partial charge in [-0.05, 0) is 30.5 Å². The third kappa shape index (κ3) is 5.59. The molecule has 1 fully saturated rings. The van der Waals surface area contributed by atoms with E-state index in [0.29, 0.717) is 0 Å². The van der Waals surface area contributed by atoms with E-state index in [1.807, 2.05) is 13.0 Å². The summed E-state index contributed by atoms with van der Waals surface area (Å²) in [6.45, 7) is 6.44. The Morgan fingerprint density at radius 3 is 2.96 bits per heavy atom. The van der Waals surface area contributed by atoms with Crippen LogP contribution in [0.3, 0.4) is 0 Å². The summed E-state index contributed by atoms with van der Waals surface area (Å²) in [5, 5.41) is 3.45. The van der Waals surface area contributed by atoms with Gasteiger partial charge in [0, 0.05) is 45.0 Å². The van der Waals surface area contributed by atoms with Crippen LogP contribution < -0.4 is 5.32 Å². The van der Waals surface area contributed by atoms with Gasteiger partial charge in [-0.1, -0.05) is 30.3 Å². The van der Waals surface area contributed by atoms with Crippen LogP contribution in [0.2, 0.25) is 0 Å². The fraction of sp³-hybridized carbons (Fsp3) is 0.450. The molecule has 1 saturated heterocycles. The summed E-state index contributed by atoms with van der Waals surface area (Å²) in [6.07, 6.45) is 4.12. The SMILES string of the molecule is C[C@@H](NC[C@H]1CN(Cc2ccccc2)CCCO1)c1cncc(F)c1. The lowest BCUT2D eigenvalue weighted by Crippen LogP contribution is -2.38. The molecule has 25 heavy (non-hydrogen) atoms. The van der Waals surface area contributed by atoms with Crippen LogP contribution in [0, 0.1) is 5.82 Å². The molecule has 0 amide bonds. The zero-order chi connectivity index (χ0) is 17.5. The van der Waals surface area contributed by atoms with Gasteiger partial charge in [0.25, 0.3) is 0 Å². The summed E-state index contributed by atoms with van der Waals surface area (Å²) in [5.74, 6) is -0.300. The quantitative estimate of drug-likeness (QED) is 0.874. The van der Waals surface area contributed by atoms with Crippen molar-refractivity contribution < 1.29 is 9.13 Å². The van der Waals surface area contributed by atoms with Gasteiger partial charge in [0.05, 0.1) is 12.3 Å². The molecule has 0 saturated carbocycles. The van der Waals surface area contributed by atoms with Crippen LogP contribution >= 0.6 is 0 Å². The Morgan fingerprint density at radius 1 is 1.32 bits per heavy atom. The molecular weight excluding hydrogens is 317 g/mol. The second-order valence-electron chi connectivity index (χ2n) is 6.63. The maximum atomic E-state index is 13.3. The largest absolute Gasteiger partial charge is 0.376 e. The van der Waals surface area contributed by atoms with Gasteiger partial charge >= 0.3 is 0 Å². The summed E-state index contributed by atoms with van der Waals surface area (Å²) in [5.41, 5.74) is 2.19. The minimum absolute atomic E-state index is 0.0395. The number of rotatable bonds is 6. The number of benzene rings is 1. The minimum Gasteiger partial charge on any atom is -0.376 e. The molecule has 5 heteroatoms. The standard InChI is InChI=1S/C20H26FN3O/c1-16(18-10-19(21)12-22-11-18)23-13-20-15-24(8-5-9-25-20)14-17-6-3-2-4-7-17/h2-4,6-7,10-12,16,20,23H,5,8-9,13-15H2,1H3/t16-,20+/m1/s1. The molecule has 134 valence electrons. The average molecular weight is 343 g/mol. The lowest BCUT2D eigenvalue weighted by atomic mass is 10.1. The molecule has 0 bridgehead atoms. The number of hydrogen-bond acceptors (Lipinski definition) is 4. The first-order valence-corrected chi connectivity index (χ1v) is 8.92. The summed E-state index contributed by atoms with van der Waals surface area (Å²) in [7, 11) is 0. The van der Waals surface area contributed by atoms with Crippen LogP contribution in [0.4, 0.5) is 4.39 Å². The molecule has 3 rings (SSSR count). The maximum absolute atomic E-state index is 13.3. The minimum atomic E-state index is -0.300. The first kappa shape index (κ1) is 18.0. The monoisotopic (exact) mass is 343 g/mol. The molecule has 4 nitrogen and oxygen atoms in total. The predicted octanol–water partition coefficient (Wildman–Crippen LogP) is 3.16. The van der Waals surface area contributed by atoms with Gasteiger partial charge in [0.15, 0.2) is 0 Å². The summed E-state index contributed by atoms with van der Waals surface area (Å²) in [6, 6.07) is 12.1. The van der Waals surface area contributed by atoms with Crippen molar-refractivity contribution in [1.29, 1.82) is 0 Å². The Bertz CT molecular complexity index is 652. The molecule has 1 aromatic heterocycles. The molecule has 0 aliphatic carbocycles. The first-order chi connectivity index (χ1) is 12.2. The van der Waals surface area contributed by atoms with Gasteiger partial charge in [-0.3, -0.25) is 9.88 Å². The van der Waals surface area contributed by atoms with Crippen molar-refractivity contribution in [1.82, 2.24) is 15.2 Å². The van der Waals surface area contributed by atoms with E-state index in [4.69, 9.17) is 4.74 Å². The third-order valence-electron chi connectivity index (χ3n) is 4.56. The second-order valence-corrected chi connectivity index (χ2v) is 6.63. The molecule has 2 heterocycles. The van der Waals surface area contributed by atoms with Crippen LogP contribution in [-0.4, -0.2) is 42.2 Å². The van der Waals surface area contributed by atoms with Gasteiger partial charge in [-0.2, -0.15) is 0 Å². The molecule has 1 aliphatic heterocycles. The van der Waals surface area contributed by atoms with Crippen molar-refractivity contribution in [2.75, 3.05) is 26.2 Å². The zero-order valence-electron chi connectivity index (χ0n) is 14.7. The molecule has 1 aliphatic rings. The van der Waals surface area contributed by atoms with Gasteiger partial charge in [-0.25, -0.2) is 4.39 Å². The van der Waals surface area contributed by atoms with Crippen LogP contribution in [0.15, 0.2) is 48.8 Å². The molecule has 2 atom stereocenters. The number of pyridine rings is 1. The summed E-state index contributed by atoms with van der Waals surface area (Å²) < 4.78 is 19.3. The lowest BCUT2D eigenvalue weighted by molar-refractivity contribution is 0.0518. The zero-order valence-corrected chi connectivity index (χ0v) is 14.7. The number of aromatic nitrogens is 1. The van der Waals surface area contributed by atoms with Crippen LogP contribution in [0.5, 0.6) is 0 Å². The lowest BCUT2D eigenvalue weighted by Gasteiger charge is -2.25. The van der Waals surface area contributed by atoms with E-state index >= 15 is 0 Å². The number of ether oxygens (including phenoxy) is 1. The Labute approximate surface area is 149 Å². The van der Waals surface area contributed by atoms with E-state index in [0.717, 1.165) is 44.8 Å². The molecule has 1 aromatic carbocycles. The van der Waals surface area contributed by atoms with Crippen molar-refractivity contribution in [2.45, 2.75) is 32.0 Å². The van der Waals surface area contributed by atoms with Crippen LogP contribution in [0.25, 0.3) is 0 Å². The average Bonchev–Trinajstić information content (AvgIpc) is 2.85. The van der Waals surface area contributed by atoms with Crippen LogP contribution in [0.1, 0.15) is 30.5 Å². The Balaban J connectivity index is 1.52. The van der Waals surface area contributed by atoms with Gasteiger partial charge in [0.1, 0.15) is 5.82 Å². The summed E-state index contributed by atoms with van der Waals surface area (Å²) >= 11 is 0. The second kappa shape index (κ2) is 9.04. The smallest absolute Gasteiger partial charge is 0.141 e. The highest BCUT2D eigenvalue weighted by Crippen LogP contribution is 2.14. The maximum Gasteiger partial charge on any atom is 0.141 e. The van der Waals surface area contributed by atoms with E-state index in [2.05, 4.69) is 39.5 Å². The van der Waals surface area contributed by atoms with Crippen molar-refractivity contribution >= 4 is 0 Å². The number of hydrogen-bond donors (Lipinski definition) is 1. The van der Waals surface area contributed by atoms with Gasteiger partial charge < -0.3 is 10.1 Å². The molecule has 0 radical (unpaired) electrons. The highest BCUT2D eigenvalue weighted by molar-refractivity contribution is 5.15. The number of nitrogens with zero attached hydrogens (tertiary/aromatic N) is 2. The topological polar surface area (TPSA) is 37.4 Å². The van der Waals surface area contributed by atoms with Crippen molar-refractivity contribution in [3.05, 3.63) is 65.7 Å². The van der Waals surface area contributed by atoms with E-state index in [-0.39, 0.29) is 18.0 Å². The fourth-order valence-corrected chi connectivity index (χ4v) is 3.17. The Kier molecular flexibility index (Phi) is 6.50. The van der Waals surface area contributed by atoms with Crippen molar-refractivity contribution in [3.63, 3.8) is 0 Å². The van der Waals surface area contributed by atoms with E-state index < -0.39 is 0 Å². The van der Waals surface area contributed by atoms with E-state index in [1.165, 1.54) is 17.8 Å². The Hall–Kier alpha value is -1.82. The molecule has 0 unspecified atom stereocenters. The molecular formula is C20H26FN3O. The highest BCUT2D eigenvalue weighted by atomic mass is 19.1. The summed E-state index contributed by atoms with van der Waals surface area (Å²) in [4.78, 5) is 6.37. The van der Waals surface area contributed by atoms with E-state index in [1.54, 1.807) is 6.20 Å². The Morgan fingerprint density at radius 2 is 2.16 bits per heavy atom. The molecule has 0 spiro atoms. The predicted molar refractivity (Wildman–Crippen MR) is 96.7 cm³/mol. The van der Waals surface area contributed by atoms with Gasteiger partial charge in [0.2, 0.25) is 0 Å². The molecule has 1 N–H and O–H groups in total. The fourth-order valence-electron chi connectivity index (χ4n) is 3.17.